The molecule has 2 heterocycles. The molecule has 0 bridgehead atoms. The molecule has 1 aliphatic rings. The molecule has 0 saturated carbocycles. The average molecular weight is 443 g/mol. The number of urea groups is 1. The number of carbonyl (C=O) groups is 3. The fourth-order valence-electron chi connectivity index (χ4n) is 3.78. The normalized spacial score (nSPS) is 17.6. The predicted octanol–water partition coefficient (Wildman–Crippen LogP) is 3.68. The van der Waals surface area contributed by atoms with E-state index in [0.717, 1.165) is 0 Å². The van der Waals surface area contributed by atoms with Crippen LogP contribution in [0.1, 0.15) is 22.8 Å². The summed E-state index contributed by atoms with van der Waals surface area (Å²) in [6.45, 7) is 1.58. The van der Waals surface area contributed by atoms with E-state index >= 15 is 0 Å². The molecule has 0 spiro atoms. The van der Waals surface area contributed by atoms with Crippen LogP contribution in [0.2, 0.25) is 0 Å². The zero-order chi connectivity index (χ0) is 23.2. The summed E-state index contributed by atoms with van der Waals surface area (Å²) in [5.41, 5.74) is 2.06. The third kappa shape index (κ3) is 3.69. The zero-order valence-corrected chi connectivity index (χ0v) is 17.4. The summed E-state index contributed by atoms with van der Waals surface area (Å²) in [6.07, 6.45) is 0. The van der Waals surface area contributed by atoms with Gasteiger partial charge in [0.1, 0.15) is 17.2 Å². The standard InChI is InChI=1S/C24H18FN5O3/c1-24(22(32)29-23(33)30-24)15-6-2-5-14(10-15)21(31)26-17-8-9-18-19(12-17)28-20(27-18)13-4-3-7-16(25)11-13/h2-12H,1H3,(H,26,31)(H,27,28)(H2,29,30,32,33). The van der Waals surface area contributed by atoms with E-state index in [1.54, 1.807) is 61.5 Å². The van der Waals surface area contributed by atoms with Crippen LogP contribution >= 0.6 is 0 Å². The molecule has 9 heteroatoms. The van der Waals surface area contributed by atoms with Crippen molar-refractivity contribution in [1.29, 1.82) is 0 Å². The fourth-order valence-corrected chi connectivity index (χ4v) is 3.78. The highest BCUT2D eigenvalue weighted by Crippen LogP contribution is 2.26. The molecule has 4 N–H and O–H groups in total. The molecule has 0 aliphatic carbocycles. The monoisotopic (exact) mass is 443 g/mol. The lowest BCUT2D eigenvalue weighted by molar-refractivity contribution is -0.123. The average Bonchev–Trinajstić information content (AvgIpc) is 3.33. The second kappa shape index (κ2) is 7.56. The molecule has 1 aromatic heterocycles. The zero-order valence-electron chi connectivity index (χ0n) is 17.4. The Balaban J connectivity index is 1.39. The quantitative estimate of drug-likeness (QED) is 0.360. The van der Waals surface area contributed by atoms with Crippen molar-refractivity contribution < 1.29 is 18.8 Å². The topological polar surface area (TPSA) is 116 Å². The maximum absolute atomic E-state index is 13.5. The van der Waals surface area contributed by atoms with E-state index in [1.807, 2.05) is 0 Å². The molecule has 5 rings (SSSR count). The largest absolute Gasteiger partial charge is 0.338 e. The predicted molar refractivity (Wildman–Crippen MR) is 120 cm³/mol. The number of anilines is 1. The van der Waals surface area contributed by atoms with Gasteiger partial charge in [-0.25, -0.2) is 14.2 Å². The lowest BCUT2D eigenvalue weighted by Gasteiger charge is -2.21. The molecule has 164 valence electrons. The molecule has 4 aromatic rings. The van der Waals surface area contributed by atoms with Crippen LogP contribution in [-0.2, 0) is 10.3 Å². The number of fused-ring (bicyclic) bond motifs is 1. The summed E-state index contributed by atoms with van der Waals surface area (Å²) in [5.74, 6) is -0.698. The molecule has 4 amide bonds. The van der Waals surface area contributed by atoms with Gasteiger partial charge in [0.2, 0.25) is 0 Å². The number of rotatable bonds is 4. The van der Waals surface area contributed by atoms with Crippen molar-refractivity contribution in [2.75, 3.05) is 5.32 Å². The molecule has 0 radical (unpaired) electrons. The highest BCUT2D eigenvalue weighted by molar-refractivity contribution is 6.08. The highest BCUT2D eigenvalue weighted by atomic mass is 19.1. The molecular formula is C24H18FN5O3. The maximum atomic E-state index is 13.5. The Bertz CT molecular complexity index is 1450. The Morgan fingerprint density at radius 3 is 2.61 bits per heavy atom. The first kappa shape index (κ1) is 20.4. The van der Waals surface area contributed by atoms with Crippen LogP contribution < -0.4 is 16.0 Å². The number of imide groups is 1. The number of nitrogens with one attached hydrogen (secondary N) is 4. The van der Waals surface area contributed by atoms with Crippen molar-refractivity contribution in [3.63, 3.8) is 0 Å². The smallest absolute Gasteiger partial charge is 0.322 e. The Morgan fingerprint density at radius 2 is 1.85 bits per heavy atom. The third-order valence-electron chi connectivity index (χ3n) is 5.58. The van der Waals surface area contributed by atoms with Crippen LogP contribution in [0.5, 0.6) is 0 Å². The van der Waals surface area contributed by atoms with Crippen molar-refractivity contribution in [3.05, 3.63) is 83.7 Å². The van der Waals surface area contributed by atoms with Gasteiger partial charge in [-0.15, -0.1) is 0 Å². The van der Waals surface area contributed by atoms with Crippen molar-refractivity contribution in [3.8, 4) is 11.4 Å². The van der Waals surface area contributed by atoms with Crippen LogP contribution in [0.25, 0.3) is 22.4 Å². The first-order valence-corrected chi connectivity index (χ1v) is 10.1. The number of aromatic nitrogens is 2. The van der Waals surface area contributed by atoms with Gasteiger partial charge in [0.05, 0.1) is 11.0 Å². The van der Waals surface area contributed by atoms with Crippen LogP contribution in [0.4, 0.5) is 14.9 Å². The summed E-state index contributed by atoms with van der Waals surface area (Å²) in [4.78, 5) is 44.2. The minimum Gasteiger partial charge on any atom is -0.338 e. The molecule has 1 saturated heterocycles. The number of nitrogens with zero attached hydrogens (tertiary/aromatic N) is 1. The summed E-state index contributed by atoms with van der Waals surface area (Å²) in [5, 5.41) is 7.62. The summed E-state index contributed by atoms with van der Waals surface area (Å²) < 4.78 is 13.5. The second-order valence-electron chi connectivity index (χ2n) is 7.90. The molecule has 8 nitrogen and oxygen atoms in total. The van der Waals surface area contributed by atoms with Gasteiger partial charge in [-0.2, -0.15) is 0 Å². The van der Waals surface area contributed by atoms with E-state index in [9.17, 15) is 18.8 Å². The third-order valence-corrected chi connectivity index (χ3v) is 5.58. The van der Waals surface area contributed by atoms with Gasteiger partial charge in [0, 0.05) is 16.8 Å². The van der Waals surface area contributed by atoms with Gasteiger partial charge in [-0.3, -0.25) is 14.9 Å². The van der Waals surface area contributed by atoms with Gasteiger partial charge >= 0.3 is 6.03 Å². The highest BCUT2D eigenvalue weighted by Gasteiger charge is 2.43. The minimum absolute atomic E-state index is 0.327. The Labute approximate surface area is 187 Å². The number of hydrogen-bond acceptors (Lipinski definition) is 4. The van der Waals surface area contributed by atoms with E-state index in [0.29, 0.717) is 39.2 Å². The number of imidazole rings is 1. The minimum atomic E-state index is -1.25. The fraction of sp³-hybridized carbons (Fsp3) is 0.0833. The van der Waals surface area contributed by atoms with E-state index in [-0.39, 0.29) is 11.7 Å². The number of halogens is 1. The first-order chi connectivity index (χ1) is 15.8. The molecule has 1 aliphatic heterocycles. The van der Waals surface area contributed by atoms with Crippen LogP contribution in [-0.4, -0.2) is 27.8 Å². The van der Waals surface area contributed by atoms with Gasteiger partial charge in [0.25, 0.3) is 11.8 Å². The SMILES string of the molecule is CC1(c2cccc(C(=O)Nc3ccc4nc(-c5cccc(F)c5)[nH]c4c3)c2)NC(=O)NC1=O. The van der Waals surface area contributed by atoms with Crippen LogP contribution in [0.3, 0.4) is 0 Å². The van der Waals surface area contributed by atoms with Crippen LogP contribution in [0.15, 0.2) is 66.7 Å². The van der Waals surface area contributed by atoms with Gasteiger partial charge < -0.3 is 15.6 Å². The second-order valence-corrected chi connectivity index (χ2v) is 7.90. The first-order valence-electron chi connectivity index (χ1n) is 10.1. The molecule has 1 atom stereocenters. The number of carbonyl (C=O) groups excluding carboxylic acids is 3. The lowest BCUT2D eigenvalue weighted by atomic mass is 9.91. The van der Waals surface area contributed by atoms with E-state index in [1.165, 1.54) is 12.1 Å². The Hall–Kier alpha value is -4.53. The molecule has 3 aromatic carbocycles. The van der Waals surface area contributed by atoms with Crippen LogP contribution in [0, 0.1) is 5.82 Å². The van der Waals surface area contributed by atoms with E-state index < -0.39 is 17.5 Å². The van der Waals surface area contributed by atoms with E-state index in [2.05, 4.69) is 25.9 Å². The summed E-state index contributed by atoms with van der Waals surface area (Å²) in [7, 11) is 0. The molecule has 1 fully saturated rings. The van der Waals surface area contributed by atoms with Crippen molar-refractivity contribution >= 4 is 34.6 Å². The number of aromatic amines is 1. The number of amides is 4. The number of H-pyrrole nitrogens is 1. The van der Waals surface area contributed by atoms with Gasteiger partial charge in [-0.05, 0) is 55.0 Å². The summed E-state index contributed by atoms with van der Waals surface area (Å²) >= 11 is 0. The summed E-state index contributed by atoms with van der Waals surface area (Å²) in [6, 6.07) is 17.2. The Morgan fingerprint density at radius 1 is 1.03 bits per heavy atom. The van der Waals surface area contributed by atoms with Crippen molar-refractivity contribution in [2.45, 2.75) is 12.5 Å². The number of benzene rings is 3. The van der Waals surface area contributed by atoms with E-state index in [4.69, 9.17) is 0 Å². The Kier molecular flexibility index (Phi) is 4.67. The number of hydrogen-bond donors (Lipinski definition) is 4. The van der Waals surface area contributed by atoms with Gasteiger partial charge in [0.15, 0.2) is 0 Å². The van der Waals surface area contributed by atoms with Crippen molar-refractivity contribution in [1.82, 2.24) is 20.6 Å². The lowest BCUT2D eigenvalue weighted by Crippen LogP contribution is -2.40. The molecule has 1 unspecified atom stereocenters. The van der Waals surface area contributed by atoms with Crippen molar-refractivity contribution in [2.24, 2.45) is 0 Å². The molecular weight excluding hydrogens is 425 g/mol. The van der Waals surface area contributed by atoms with Gasteiger partial charge in [-0.1, -0.05) is 24.3 Å². The molecule has 33 heavy (non-hydrogen) atoms. The maximum Gasteiger partial charge on any atom is 0.322 e.